The van der Waals surface area contributed by atoms with Gasteiger partial charge in [-0.3, -0.25) is 9.59 Å². The smallest absolute Gasteiger partial charge is 0.307 e. The lowest BCUT2D eigenvalue weighted by Crippen LogP contribution is -2.62. The molecule has 0 aromatic rings. The summed E-state index contributed by atoms with van der Waals surface area (Å²) in [5.41, 5.74) is -0.332. The molecule has 1 aliphatic carbocycles. The van der Waals surface area contributed by atoms with E-state index in [9.17, 15) is 14.7 Å². The molecule has 5 heteroatoms. The van der Waals surface area contributed by atoms with E-state index in [1.165, 1.54) is 6.92 Å². The number of carbonyl (C=O) groups is 2. The second kappa shape index (κ2) is 4.64. The molecule has 1 amide bonds. The van der Waals surface area contributed by atoms with Crippen molar-refractivity contribution in [3.8, 4) is 0 Å². The van der Waals surface area contributed by atoms with Crippen LogP contribution >= 0.6 is 0 Å². The number of carboxylic acids is 1. The van der Waals surface area contributed by atoms with Crippen LogP contribution in [0.5, 0.6) is 0 Å². The Hall–Kier alpha value is -1.10. The van der Waals surface area contributed by atoms with Gasteiger partial charge in [0.2, 0.25) is 5.91 Å². The lowest BCUT2D eigenvalue weighted by atomic mass is 9.64. The second-order valence-electron chi connectivity index (χ2n) is 5.55. The lowest BCUT2D eigenvalue weighted by molar-refractivity contribution is -0.147. The van der Waals surface area contributed by atoms with Crippen LogP contribution in [0.3, 0.4) is 0 Å². The van der Waals surface area contributed by atoms with Crippen molar-refractivity contribution in [3.63, 3.8) is 0 Å². The van der Waals surface area contributed by atoms with Crippen LogP contribution in [0.15, 0.2) is 0 Å². The second-order valence-corrected chi connectivity index (χ2v) is 5.55. The van der Waals surface area contributed by atoms with Gasteiger partial charge in [-0.25, -0.2) is 0 Å². The van der Waals surface area contributed by atoms with Gasteiger partial charge in [0.25, 0.3) is 0 Å². The molecular formula is C12H21NO4. The summed E-state index contributed by atoms with van der Waals surface area (Å²) >= 11 is 0. The Morgan fingerprint density at radius 2 is 1.82 bits per heavy atom. The van der Waals surface area contributed by atoms with Gasteiger partial charge in [-0.2, -0.15) is 0 Å². The van der Waals surface area contributed by atoms with Crippen molar-refractivity contribution in [2.45, 2.75) is 46.3 Å². The molecule has 0 radical (unpaired) electrons. The van der Waals surface area contributed by atoms with Gasteiger partial charge in [0.05, 0.1) is 12.0 Å². The number of nitrogens with one attached hydrogen (secondary N) is 1. The monoisotopic (exact) mass is 243 g/mol. The van der Waals surface area contributed by atoms with Crippen LogP contribution in [0, 0.1) is 17.3 Å². The van der Waals surface area contributed by atoms with Crippen LogP contribution in [0.2, 0.25) is 0 Å². The molecule has 0 aromatic carbocycles. The minimum absolute atomic E-state index is 0.0755. The third-order valence-electron chi connectivity index (χ3n) is 4.09. The van der Waals surface area contributed by atoms with Crippen LogP contribution in [-0.4, -0.2) is 34.2 Å². The summed E-state index contributed by atoms with van der Waals surface area (Å²) in [7, 11) is 0. The lowest BCUT2D eigenvalue weighted by Gasteiger charge is -2.49. The highest BCUT2D eigenvalue weighted by molar-refractivity contribution is 5.84. The van der Waals surface area contributed by atoms with E-state index >= 15 is 0 Å². The van der Waals surface area contributed by atoms with E-state index in [1.54, 1.807) is 6.92 Å². The topological polar surface area (TPSA) is 86.6 Å². The number of carbonyl (C=O) groups excluding carboxylic acids is 1. The summed E-state index contributed by atoms with van der Waals surface area (Å²) in [5, 5.41) is 21.2. The van der Waals surface area contributed by atoms with Crippen LogP contribution < -0.4 is 5.32 Å². The maximum atomic E-state index is 11.8. The van der Waals surface area contributed by atoms with Crippen LogP contribution in [-0.2, 0) is 9.59 Å². The quantitative estimate of drug-likeness (QED) is 0.675. The molecule has 17 heavy (non-hydrogen) atoms. The first-order chi connectivity index (χ1) is 7.67. The van der Waals surface area contributed by atoms with E-state index in [2.05, 4.69) is 5.32 Å². The average molecular weight is 243 g/mol. The van der Waals surface area contributed by atoms with Gasteiger partial charge in [0.1, 0.15) is 0 Å². The highest BCUT2D eigenvalue weighted by Crippen LogP contribution is 2.40. The van der Waals surface area contributed by atoms with E-state index in [0.717, 1.165) is 0 Å². The third-order valence-corrected chi connectivity index (χ3v) is 4.09. The molecule has 1 fully saturated rings. The number of aliphatic hydroxyl groups is 1. The Kier molecular flexibility index (Phi) is 3.81. The molecule has 98 valence electrons. The maximum Gasteiger partial charge on any atom is 0.307 e. The molecule has 5 nitrogen and oxygen atoms in total. The molecule has 0 aliphatic heterocycles. The Balaban J connectivity index is 2.54. The molecule has 4 unspecified atom stereocenters. The van der Waals surface area contributed by atoms with Crippen molar-refractivity contribution in [2.24, 2.45) is 17.3 Å². The Bertz CT molecular complexity index is 326. The van der Waals surface area contributed by atoms with Crippen molar-refractivity contribution in [1.82, 2.24) is 5.32 Å². The van der Waals surface area contributed by atoms with Crippen molar-refractivity contribution >= 4 is 11.9 Å². The summed E-state index contributed by atoms with van der Waals surface area (Å²) in [6, 6.07) is -0.0755. The zero-order valence-electron chi connectivity index (χ0n) is 10.7. The normalized spacial score (nSPS) is 29.9. The number of aliphatic carboxylic acids is 1. The fraction of sp³-hybridized carbons (Fsp3) is 0.833. The first kappa shape index (κ1) is 14.0. The summed E-state index contributed by atoms with van der Waals surface area (Å²) in [6.07, 6.45) is 0.132. The van der Waals surface area contributed by atoms with Gasteiger partial charge in [0, 0.05) is 17.4 Å². The number of carboxylic acid groups (broad SMARTS) is 1. The third kappa shape index (κ3) is 2.60. The molecule has 0 heterocycles. The maximum absolute atomic E-state index is 11.8. The van der Waals surface area contributed by atoms with E-state index in [1.807, 2.05) is 13.8 Å². The summed E-state index contributed by atoms with van der Waals surface area (Å²) < 4.78 is 0. The molecule has 1 rings (SSSR count). The number of hydrogen-bond donors (Lipinski definition) is 3. The predicted octanol–water partition coefficient (Wildman–Crippen LogP) is 0.619. The summed E-state index contributed by atoms with van der Waals surface area (Å²) in [6.45, 7) is 6.90. The minimum Gasteiger partial charge on any atom is -0.481 e. The Labute approximate surface area is 101 Å². The van der Waals surface area contributed by atoms with Crippen LogP contribution in [0.1, 0.15) is 34.1 Å². The molecule has 0 bridgehead atoms. The molecule has 4 atom stereocenters. The van der Waals surface area contributed by atoms with Crippen LogP contribution in [0.4, 0.5) is 0 Å². The molecule has 0 spiro atoms. The first-order valence-electron chi connectivity index (χ1n) is 5.89. The number of rotatable bonds is 4. The van der Waals surface area contributed by atoms with E-state index in [0.29, 0.717) is 6.42 Å². The summed E-state index contributed by atoms with van der Waals surface area (Å²) in [4.78, 5) is 22.6. The van der Waals surface area contributed by atoms with E-state index in [4.69, 9.17) is 5.11 Å². The number of amides is 1. The van der Waals surface area contributed by atoms with Gasteiger partial charge >= 0.3 is 5.97 Å². The number of hydrogen-bond acceptors (Lipinski definition) is 3. The fourth-order valence-electron chi connectivity index (χ4n) is 1.89. The first-order valence-corrected chi connectivity index (χ1v) is 5.89. The number of aliphatic hydroxyl groups excluding tert-OH is 1. The Morgan fingerprint density at radius 1 is 1.29 bits per heavy atom. The molecule has 3 N–H and O–H groups in total. The van der Waals surface area contributed by atoms with Crippen molar-refractivity contribution in [2.75, 3.05) is 0 Å². The van der Waals surface area contributed by atoms with Crippen LogP contribution in [0.25, 0.3) is 0 Å². The zero-order chi connectivity index (χ0) is 13.4. The van der Waals surface area contributed by atoms with E-state index in [-0.39, 0.29) is 17.4 Å². The fourth-order valence-corrected chi connectivity index (χ4v) is 1.89. The van der Waals surface area contributed by atoms with Crippen molar-refractivity contribution in [3.05, 3.63) is 0 Å². The van der Waals surface area contributed by atoms with Crippen molar-refractivity contribution in [1.29, 1.82) is 0 Å². The predicted molar refractivity (Wildman–Crippen MR) is 62.3 cm³/mol. The molecule has 0 saturated heterocycles. The highest BCUT2D eigenvalue weighted by atomic mass is 16.4. The minimum atomic E-state index is -0.972. The standard InChI is InChI=1S/C12H21NO4/c1-6(7(2)11(16)17)10(15)13-8-5-9(14)12(8,3)4/h6-9,14H,5H2,1-4H3,(H,13,15)(H,16,17). The van der Waals surface area contributed by atoms with Crippen molar-refractivity contribution < 1.29 is 19.8 Å². The molecule has 1 saturated carbocycles. The van der Waals surface area contributed by atoms with Gasteiger partial charge in [-0.05, 0) is 6.42 Å². The van der Waals surface area contributed by atoms with Gasteiger partial charge in [0.15, 0.2) is 0 Å². The molecular weight excluding hydrogens is 222 g/mol. The average Bonchev–Trinajstić information content (AvgIpc) is 2.26. The molecule has 1 aliphatic rings. The van der Waals surface area contributed by atoms with Gasteiger partial charge < -0.3 is 15.5 Å². The SMILES string of the molecule is CC(C(=O)O)C(C)C(=O)NC1CC(O)C1(C)C. The zero-order valence-corrected chi connectivity index (χ0v) is 10.7. The largest absolute Gasteiger partial charge is 0.481 e. The van der Waals surface area contributed by atoms with Gasteiger partial charge in [-0.15, -0.1) is 0 Å². The molecule has 0 aromatic heterocycles. The van der Waals surface area contributed by atoms with Gasteiger partial charge in [-0.1, -0.05) is 27.7 Å². The highest BCUT2D eigenvalue weighted by Gasteiger charge is 2.48. The summed E-state index contributed by atoms with van der Waals surface area (Å²) in [5.74, 6) is -2.51. The van der Waals surface area contributed by atoms with E-state index < -0.39 is 23.9 Å². The Morgan fingerprint density at radius 3 is 2.18 bits per heavy atom.